The molecule has 0 radical (unpaired) electrons. The van der Waals surface area contributed by atoms with Crippen molar-refractivity contribution in [3.63, 3.8) is 0 Å². The molecule has 17 heavy (non-hydrogen) atoms. The van der Waals surface area contributed by atoms with Gasteiger partial charge in [0, 0.05) is 25.7 Å². The van der Waals surface area contributed by atoms with E-state index in [-0.39, 0.29) is 31.0 Å². The van der Waals surface area contributed by atoms with Crippen LogP contribution in [-0.4, -0.2) is 43.2 Å². The molecule has 1 aliphatic rings. The molecule has 0 atom stereocenters. The Morgan fingerprint density at radius 3 is 2.59 bits per heavy atom. The van der Waals surface area contributed by atoms with Crippen LogP contribution in [0, 0.1) is 0 Å². The lowest BCUT2D eigenvalue weighted by molar-refractivity contribution is -0.137. The highest BCUT2D eigenvalue weighted by Crippen LogP contribution is 2.08. The van der Waals surface area contributed by atoms with Crippen molar-refractivity contribution in [2.45, 2.75) is 45.1 Å². The van der Waals surface area contributed by atoms with E-state index in [0.29, 0.717) is 6.61 Å². The predicted octanol–water partition coefficient (Wildman–Crippen LogP) is 1.56. The van der Waals surface area contributed by atoms with Crippen LogP contribution in [0.4, 0.5) is 0 Å². The molecule has 1 amide bonds. The summed E-state index contributed by atoms with van der Waals surface area (Å²) in [6.45, 7) is 4.67. The van der Waals surface area contributed by atoms with Crippen LogP contribution in [0.2, 0.25) is 0 Å². The lowest BCUT2D eigenvalue weighted by atomic mass is 10.1. The van der Waals surface area contributed by atoms with E-state index >= 15 is 0 Å². The number of nitrogens with two attached hydrogens (primary N) is 1. The summed E-state index contributed by atoms with van der Waals surface area (Å²) in [5, 5.41) is 0. The van der Waals surface area contributed by atoms with E-state index in [1.807, 2.05) is 4.90 Å². The standard InChI is InChI=1S/C12H24N2O2.ClH/c1-2-3-4-9-16-10-12(15)14-7-5-11(13)6-8-14;/h11H,2-10,13H2,1H3;1H. The molecule has 1 saturated heterocycles. The number of hydrogen-bond donors (Lipinski definition) is 1. The van der Waals surface area contributed by atoms with Crippen molar-refractivity contribution < 1.29 is 9.53 Å². The SMILES string of the molecule is CCCCCOCC(=O)N1CCC(N)CC1.Cl. The zero-order chi connectivity index (χ0) is 11.8. The van der Waals surface area contributed by atoms with Crippen molar-refractivity contribution in [3.8, 4) is 0 Å². The van der Waals surface area contributed by atoms with Gasteiger partial charge in [0.05, 0.1) is 0 Å². The number of amides is 1. The molecule has 0 aliphatic carbocycles. The van der Waals surface area contributed by atoms with Crippen LogP contribution in [0.25, 0.3) is 0 Å². The fourth-order valence-electron chi connectivity index (χ4n) is 1.85. The first-order chi connectivity index (χ1) is 7.74. The highest BCUT2D eigenvalue weighted by Gasteiger charge is 2.20. The van der Waals surface area contributed by atoms with Gasteiger partial charge in [-0.3, -0.25) is 4.79 Å². The minimum Gasteiger partial charge on any atom is -0.372 e. The van der Waals surface area contributed by atoms with Crippen LogP contribution in [0.3, 0.4) is 0 Å². The fourth-order valence-corrected chi connectivity index (χ4v) is 1.85. The van der Waals surface area contributed by atoms with E-state index in [4.69, 9.17) is 10.5 Å². The van der Waals surface area contributed by atoms with Gasteiger partial charge in [-0.1, -0.05) is 19.8 Å². The second-order valence-corrected chi connectivity index (χ2v) is 4.48. The van der Waals surface area contributed by atoms with Crippen LogP contribution in [0.1, 0.15) is 39.0 Å². The Hall–Kier alpha value is -0.320. The molecule has 4 nitrogen and oxygen atoms in total. The Bertz CT molecular complexity index is 207. The van der Waals surface area contributed by atoms with Crippen LogP contribution in [0.5, 0.6) is 0 Å². The van der Waals surface area contributed by atoms with Gasteiger partial charge < -0.3 is 15.4 Å². The van der Waals surface area contributed by atoms with E-state index in [9.17, 15) is 4.79 Å². The summed E-state index contributed by atoms with van der Waals surface area (Å²) < 4.78 is 5.36. The number of halogens is 1. The summed E-state index contributed by atoms with van der Waals surface area (Å²) in [4.78, 5) is 13.6. The summed E-state index contributed by atoms with van der Waals surface area (Å²) in [7, 11) is 0. The van der Waals surface area contributed by atoms with Crippen LogP contribution >= 0.6 is 12.4 Å². The monoisotopic (exact) mass is 264 g/mol. The zero-order valence-corrected chi connectivity index (χ0v) is 11.5. The van der Waals surface area contributed by atoms with Crippen molar-refractivity contribution in [1.29, 1.82) is 0 Å². The predicted molar refractivity (Wildman–Crippen MR) is 71.4 cm³/mol. The third-order valence-corrected chi connectivity index (χ3v) is 3.01. The number of carbonyl (C=O) groups excluding carboxylic acids is 1. The summed E-state index contributed by atoms with van der Waals surface area (Å²) in [6.07, 6.45) is 5.24. The number of ether oxygens (including phenoxy) is 1. The Kier molecular flexibility index (Phi) is 9.50. The van der Waals surface area contributed by atoms with Crippen LogP contribution < -0.4 is 5.73 Å². The van der Waals surface area contributed by atoms with Gasteiger partial charge in [0.1, 0.15) is 6.61 Å². The number of nitrogens with zero attached hydrogens (tertiary/aromatic N) is 1. The van der Waals surface area contributed by atoms with Gasteiger partial charge in [-0.15, -0.1) is 12.4 Å². The van der Waals surface area contributed by atoms with E-state index in [0.717, 1.165) is 32.4 Å². The second-order valence-electron chi connectivity index (χ2n) is 4.48. The molecule has 0 aromatic rings. The number of likely N-dealkylation sites (tertiary alicyclic amines) is 1. The molecule has 0 unspecified atom stereocenters. The topological polar surface area (TPSA) is 55.6 Å². The van der Waals surface area contributed by atoms with Crippen molar-refractivity contribution in [3.05, 3.63) is 0 Å². The first kappa shape index (κ1) is 16.7. The molecule has 1 heterocycles. The third-order valence-electron chi connectivity index (χ3n) is 3.01. The van der Waals surface area contributed by atoms with Crippen molar-refractivity contribution >= 4 is 18.3 Å². The quantitative estimate of drug-likeness (QED) is 0.741. The maximum absolute atomic E-state index is 11.7. The Morgan fingerprint density at radius 1 is 1.35 bits per heavy atom. The average Bonchev–Trinajstić information content (AvgIpc) is 2.29. The second kappa shape index (κ2) is 9.68. The first-order valence-electron chi connectivity index (χ1n) is 6.35. The van der Waals surface area contributed by atoms with Gasteiger partial charge in [-0.25, -0.2) is 0 Å². The van der Waals surface area contributed by atoms with E-state index in [1.54, 1.807) is 0 Å². The van der Waals surface area contributed by atoms with Gasteiger partial charge in [-0.2, -0.15) is 0 Å². The summed E-state index contributed by atoms with van der Waals surface area (Å²) in [6, 6.07) is 0.273. The summed E-state index contributed by atoms with van der Waals surface area (Å²) in [5.74, 6) is 0.114. The maximum Gasteiger partial charge on any atom is 0.248 e. The van der Waals surface area contributed by atoms with Gasteiger partial charge in [0.2, 0.25) is 5.91 Å². The van der Waals surface area contributed by atoms with Gasteiger partial charge >= 0.3 is 0 Å². The van der Waals surface area contributed by atoms with Gasteiger partial charge in [-0.05, 0) is 19.3 Å². The number of unbranched alkanes of at least 4 members (excludes halogenated alkanes) is 2. The molecule has 1 aliphatic heterocycles. The molecule has 2 N–H and O–H groups in total. The summed E-state index contributed by atoms with van der Waals surface area (Å²) >= 11 is 0. The van der Waals surface area contributed by atoms with Crippen molar-refractivity contribution in [2.24, 2.45) is 5.73 Å². The zero-order valence-electron chi connectivity index (χ0n) is 10.7. The maximum atomic E-state index is 11.7. The largest absolute Gasteiger partial charge is 0.372 e. The molecule has 1 fully saturated rings. The molecular weight excluding hydrogens is 240 g/mol. The molecule has 102 valence electrons. The smallest absolute Gasteiger partial charge is 0.248 e. The van der Waals surface area contributed by atoms with E-state index in [1.165, 1.54) is 12.8 Å². The van der Waals surface area contributed by atoms with Crippen molar-refractivity contribution in [2.75, 3.05) is 26.3 Å². The van der Waals surface area contributed by atoms with Crippen LogP contribution in [-0.2, 0) is 9.53 Å². The highest BCUT2D eigenvalue weighted by molar-refractivity contribution is 5.85. The fraction of sp³-hybridized carbons (Fsp3) is 0.917. The molecule has 1 rings (SSSR count). The molecule has 5 heteroatoms. The number of hydrogen-bond acceptors (Lipinski definition) is 3. The summed E-state index contributed by atoms with van der Waals surface area (Å²) in [5.41, 5.74) is 5.78. The van der Waals surface area contributed by atoms with Gasteiger partial charge in [0.25, 0.3) is 0 Å². The minimum atomic E-state index is 0. The first-order valence-corrected chi connectivity index (χ1v) is 6.35. The molecule has 0 aromatic heterocycles. The average molecular weight is 265 g/mol. The number of piperidine rings is 1. The molecular formula is C12H25ClN2O2. The highest BCUT2D eigenvalue weighted by atomic mass is 35.5. The third kappa shape index (κ3) is 6.86. The molecule has 0 aromatic carbocycles. The Balaban J connectivity index is 0.00000256. The Labute approximate surface area is 110 Å². The Morgan fingerprint density at radius 2 is 2.00 bits per heavy atom. The van der Waals surface area contributed by atoms with Gasteiger partial charge in [0.15, 0.2) is 0 Å². The van der Waals surface area contributed by atoms with E-state index < -0.39 is 0 Å². The number of carbonyl (C=O) groups is 1. The lowest BCUT2D eigenvalue weighted by Gasteiger charge is -2.30. The molecule has 0 bridgehead atoms. The lowest BCUT2D eigenvalue weighted by Crippen LogP contribution is -2.44. The molecule has 0 saturated carbocycles. The van der Waals surface area contributed by atoms with E-state index in [2.05, 4.69) is 6.92 Å². The van der Waals surface area contributed by atoms with Crippen molar-refractivity contribution in [1.82, 2.24) is 4.90 Å². The minimum absolute atomic E-state index is 0. The van der Waals surface area contributed by atoms with Crippen LogP contribution in [0.15, 0.2) is 0 Å². The number of rotatable bonds is 6. The normalized spacial score (nSPS) is 16.7. The molecule has 0 spiro atoms.